The minimum atomic E-state index is 0.157. The minimum absolute atomic E-state index is 0.157. The van der Waals surface area contributed by atoms with Crippen LogP contribution in [0.1, 0.15) is 51.0 Å². The van der Waals surface area contributed by atoms with Gasteiger partial charge in [-0.15, -0.1) is 0 Å². The van der Waals surface area contributed by atoms with Crippen LogP contribution in [0.5, 0.6) is 0 Å². The predicted molar refractivity (Wildman–Crippen MR) is 78.9 cm³/mol. The molecule has 3 heteroatoms. The van der Waals surface area contributed by atoms with Crippen LogP contribution < -0.4 is 11.1 Å². The van der Waals surface area contributed by atoms with Crippen molar-refractivity contribution in [2.24, 2.45) is 5.41 Å². The Morgan fingerprint density at radius 3 is 2.53 bits per heavy atom. The van der Waals surface area contributed by atoms with Crippen molar-refractivity contribution >= 4 is 11.6 Å². The molecule has 1 saturated carbocycles. The summed E-state index contributed by atoms with van der Waals surface area (Å²) in [6.45, 7) is 5.13. The maximum Gasteiger partial charge on any atom is 0.220 e. The normalized spacial score (nSPS) is 17.8. The summed E-state index contributed by atoms with van der Waals surface area (Å²) >= 11 is 0. The molecule has 1 aromatic carbocycles. The number of nitrogens with one attached hydrogen (secondary N) is 1. The Morgan fingerprint density at radius 1 is 1.37 bits per heavy atom. The standard InChI is InChI=1S/C16H24N2O/c1-3-16(8-9-16)11-18-15(19)10-12(2)13-4-6-14(17)7-5-13/h4-7,12H,3,8-11,17H2,1-2H3,(H,18,19). The van der Waals surface area contributed by atoms with E-state index >= 15 is 0 Å². The van der Waals surface area contributed by atoms with Crippen molar-refractivity contribution in [3.05, 3.63) is 29.8 Å². The van der Waals surface area contributed by atoms with Crippen molar-refractivity contribution < 1.29 is 4.79 Å². The molecule has 3 N–H and O–H groups in total. The van der Waals surface area contributed by atoms with Crippen LogP contribution in [0.15, 0.2) is 24.3 Å². The molecule has 1 aliphatic carbocycles. The summed E-state index contributed by atoms with van der Waals surface area (Å²) in [5, 5.41) is 3.08. The van der Waals surface area contributed by atoms with Gasteiger partial charge in [0.1, 0.15) is 0 Å². The summed E-state index contributed by atoms with van der Waals surface area (Å²) in [5.41, 5.74) is 8.01. The number of benzene rings is 1. The molecule has 3 nitrogen and oxygen atoms in total. The third-order valence-electron chi connectivity index (χ3n) is 4.36. The lowest BCUT2D eigenvalue weighted by molar-refractivity contribution is -0.121. The smallest absolute Gasteiger partial charge is 0.220 e. The lowest BCUT2D eigenvalue weighted by Gasteiger charge is -2.16. The fourth-order valence-electron chi connectivity index (χ4n) is 2.41. The molecule has 0 bridgehead atoms. The van der Waals surface area contributed by atoms with Gasteiger partial charge in [-0.05, 0) is 48.3 Å². The van der Waals surface area contributed by atoms with Crippen molar-refractivity contribution in [3.63, 3.8) is 0 Å². The maximum absolute atomic E-state index is 11.9. The first-order chi connectivity index (χ1) is 9.04. The van der Waals surface area contributed by atoms with Gasteiger partial charge in [0.2, 0.25) is 5.91 Å². The highest BCUT2D eigenvalue weighted by Crippen LogP contribution is 2.47. The number of carbonyl (C=O) groups excluding carboxylic acids is 1. The summed E-state index contributed by atoms with van der Waals surface area (Å²) < 4.78 is 0. The van der Waals surface area contributed by atoms with Gasteiger partial charge in [0.05, 0.1) is 0 Å². The molecular formula is C16H24N2O. The number of rotatable bonds is 6. The molecule has 1 fully saturated rings. The van der Waals surface area contributed by atoms with Crippen molar-refractivity contribution in [1.29, 1.82) is 0 Å². The lowest BCUT2D eigenvalue weighted by atomic mass is 9.97. The van der Waals surface area contributed by atoms with E-state index in [-0.39, 0.29) is 11.8 Å². The van der Waals surface area contributed by atoms with Crippen LogP contribution in [-0.4, -0.2) is 12.5 Å². The molecule has 19 heavy (non-hydrogen) atoms. The lowest BCUT2D eigenvalue weighted by Crippen LogP contribution is -2.30. The molecule has 104 valence electrons. The van der Waals surface area contributed by atoms with E-state index in [0.29, 0.717) is 11.8 Å². The molecule has 0 aliphatic heterocycles. The Labute approximate surface area is 115 Å². The van der Waals surface area contributed by atoms with E-state index in [1.54, 1.807) is 0 Å². The SMILES string of the molecule is CCC1(CNC(=O)CC(C)c2ccc(N)cc2)CC1. The number of hydrogen-bond donors (Lipinski definition) is 2. The maximum atomic E-state index is 11.9. The molecule has 0 heterocycles. The van der Waals surface area contributed by atoms with E-state index in [4.69, 9.17) is 5.73 Å². The second kappa shape index (κ2) is 5.64. The summed E-state index contributed by atoms with van der Waals surface area (Å²) in [6, 6.07) is 7.78. The van der Waals surface area contributed by atoms with Crippen LogP contribution in [0.4, 0.5) is 5.69 Å². The third kappa shape index (κ3) is 3.72. The monoisotopic (exact) mass is 260 g/mol. The molecule has 1 unspecified atom stereocenters. The molecule has 0 saturated heterocycles. The van der Waals surface area contributed by atoms with Gasteiger partial charge >= 0.3 is 0 Å². The molecule has 1 atom stereocenters. The van der Waals surface area contributed by atoms with E-state index < -0.39 is 0 Å². The quantitative estimate of drug-likeness (QED) is 0.772. The zero-order valence-corrected chi connectivity index (χ0v) is 11.9. The van der Waals surface area contributed by atoms with E-state index in [1.165, 1.54) is 24.8 Å². The summed E-state index contributed by atoms with van der Waals surface area (Å²) in [4.78, 5) is 11.9. The fourth-order valence-corrected chi connectivity index (χ4v) is 2.41. The van der Waals surface area contributed by atoms with Gasteiger partial charge < -0.3 is 11.1 Å². The highest BCUT2D eigenvalue weighted by atomic mass is 16.1. The topological polar surface area (TPSA) is 55.1 Å². The largest absolute Gasteiger partial charge is 0.399 e. The number of carbonyl (C=O) groups is 1. The number of hydrogen-bond acceptors (Lipinski definition) is 2. The average molecular weight is 260 g/mol. The molecule has 1 aromatic rings. The van der Waals surface area contributed by atoms with Crippen LogP contribution >= 0.6 is 0 Å². The summed E-state index contributed by atoms with van der Waals surface area (Å²) in [7, 11) is 0. The number of nitrogen functional groups attached to an aromatic ring is 1. The third-order valence-corrected chi connectivity index (χ3v) is 4.36. The van der Waals surface area contributed by atoms with Crippen LogP contribution in [0, 0.1) is 5.41 Å². The highest BCUT2D eigenvalue weighted by molar-refractivity contribution is 5.76. The Bertz CT molecular complexity index is 435. The Morgan fingerprint density at radius 2 is 2.00 bits per heavy atom. The Hall–Kier alpha value is -1.51. The zero-order valence-electron chi connectivity index (χ0n) is 11.9. The van der Waals surface area contributed by atoms with Crippen LogP contribution in [0.3, 0.4) is 0 Å². The molecule has 0 spiro atoms. The summed E-state index contributed by atoms with van der Waals surface area (Å²) in [6.07, 6.45) is 4.24. The minimum Gasteiger partial charge on any atom is -0.399 e. The fraction of sp³-hybridized carbons (Fsp3) is 0.562. The predicted octanol–water partition coefficient (Wildman–Crippen LogP) is 3.07. The van der Waals surface area contributed by atoms with Gasteiger partial charge in [-0.25, -0.2) is 0 Å². The van der Waals surface area contributed by atoms with Crippen molar-refractivity contribution in [2.75, 3.05) is 12.3 Å². The molecule has 2 rings (SSSR count). The first kappa shape index (κ1) is 13.9. The second-order valence-corrected chi connectivity index (χ2v) is 5.90. The first-order valence-electron chi connectivity index (χ1n) is 7.17. The van der Waals surface area contributed by atoms with Crippen molar-refractivity contribution in [2.45, 2.75) is 45.4 Å². The van der Waals surface area contributed by atoms with E-state index in [2.05, 4.69) is 19.2 Å². The molecule has 0 radical (unpaired) electrons. The zero-order chi connectivity index (χ0) is 13.9. The molecule has 1 amide bonds. The van der Waals surface area contributed by atoms with Gasteiger partial charge in [-0.1, -0.05) is 26.0 Å². The summed E-state index contributed by atoms with van der Waals surface area (Å²) in [5.74, 6) is 0.390. The Kier molecular flexibility index (Phi) is 4.13. The van der Waals surface area contributed by atoms with Crippen LogP contribution in [-0.2, 0) is 4.79 Å². The molecule has 1 aliphatic rings. The average Bonchev–Trinajstić information content (AvgIpc) is 3.18. The van der Waals surface area contributed by atoms with Gasteiger partial charge in [0.25, 0.3) is 0 Å². The number of anilines is 1. The van der Waals surface area contributed by atoms with Crippen molar-refractivity contribution in [1.82, 2.24) is 5.32 Å². The van der Waals surface area contributed by atoms with Crippen molar-refractivity contribution in [3.8, 4) is 0 Å². The van der Waals surface area contributed by atoms with Crippen LogP contribution in [0.25, 0.3) is 0 Å². The first-order valence-corrected chi connectivity index (χ1v) is 7.17. The number of amides is 1. The van der Waals surface area contributed by atoms with Gasteiger partial charge in [-0.2, -0.15) is 0 Å². The molecule has 0 aromatic heterocycles. The Balaban J connectivity index is 1.80. The van der Waals surface area contributed by atoms with E-state index in [9.17, 15) is 4.79 Å². The van der Waals surface area contributed by atoms with E-state index in [0.717, 1.165) is 12.2 Å². The van der Waals surface area contributed by atoms with Gasteiger partial charge in [-0.3, -0.25) is 4.79 Å². The van der Waals surface area contributed by atoms with Gasteiger partial charge in [0.15, 0.2) is 0 Å². The van der Waals surface area contributed by atoms with Crippen LogP contribution in [0.2, 0.25) is 0 Å². The van der Waals surface area contributed by atoms with E-state index in [1.807, 2.05) is 24.3 Å². The highest BCUT2D eigenvalue weighted by Gasteiger charge is 2.40. The molecular weight excluding hydrogens is 236 g/mol. The van der Waals surface area contributed by atoms with Gasteiger partial charge in [0, 0.05) is 18.7 Å². The number of nitrogens with two attached hydrogens (primary N) is 1. The second-order valence-electron chi connectivity index (χ2n) is 5.90.